The Hall–Kier alpha value is -5.00. The molecule has 5 atom stereocenters. The van der Waals surface area contributed by atoms with Crippen molar-refractivity contribution < 1.29 is 33.8 Å². The molecule has 4 amide bonds. The number of aliphatic hydroxyl groups is 1. The molecule has 15 nitrogen and oxygen atoms in total. The third kappa shape index (κ3) is 13.8. The standard InChI is InChI=1S/C36H46N8O7S2/c1-22(2)31(43-35(48)50-16-24-9-5-7-11-37-24)33(46)41-26(13-27-18-52-20-39-27)15-30(45)29(14-28-19-53-21-40-28)42-34(47)32(23(3)4)44-36(49)51-17-25-10-6-8-12-38-25/h5-12,18-23,26,29-32,45H,13-17H2,1-4H3,(H,41,46)(H,42,47)(H,43,48)(H,44,49)/t26-,29-,30-,31-,32-/m0/s1. The van der Waals surface area contributed by atoms with Gasteiger partial charge in [0.2, 0.25) is 11.8 Å². The predicted molar refractivity (Wildman–Crippen MR) is 198 cm³/mol. The summed E-state index contributed by atoms with van der Waals surface area (Å²) in [5, 5.41) is 26.6. The van der Waals surface area contributed by atoms with Crippen LogP contribution in [0.5, 0.6) is 0 Å². The molecule has 17 heteroatoms. The molecule has 4 rings (SSSR count). The number of carbonyl (C=O) groups excluding carboxylic acids is 4. The Morgan fingerprint density at radius 2 is 1.15 bits per heavy atom. The van der Waals surface area contributed by atoms with Gasteiger partial charge in [0.05, 0.1) is 45.9 Å². The Labute approximate surface area is 316 Å². The highest BCUT2D eigenvalue weighted by Gasteiger charge is 2.33. The average molecular weight is 767 g/mol. The minimum atomic E-state index is -1.18. The van der Waals surface area contributed by atoms with Crippen LogP contribution in [-0.2, 0) is 45.1 Å². The zero-order valence-corrected chi connectivity index (χ0v) is 31.6. The van der Waals surface area contributed by atoms with Crippen LogP contribution >= 0.6 is 22.7 Å². The summed E-state index contributed by atoms with van der Waals surface area (Å²) in [6.07, 6.45) is 0.900. The number of amides is 4. The van der Waals surface area contributed by atoms with Crippen molar-refractivity contribution in [2.24, 2.45) is 11.8 Å². The number of aromatic nitrogens is 4. The molecule has 4 heterocycles. The van der Waals surface area contributed by atoms with Gasteiger partial charge in [0, 0.05) is 42.0 Å². The summed E-state index contributed by atoms with van der Waals surface area (Å²) in [5.74, 6) is -1.64. The first-order valence-electron chi connectivity index (χ1n) is 17.2. The summed E-state index contributed by atoms with van der Waals surface area (Å²) >= 11 is 2.77. The summed E-state index contributed by atoms with van der Waals surface area (Å²) in [6, 6.07) is 7.04. The summed E-state index contributed by atoms with van der Waals surface area (Å²) in [7, 11) is 0. The molecule has 0 aliphatic carbocycles. The number of hydrogen-bond acceptors (Lipinski definition) is 13. The van der Waals surface area contributed by atoms with Gasteiger partial charge in [-0.05, 0) is 42.5 Å². The first kappa shape index (κ1) is 40.8. The van der Waals surface area contributed by atoms with Gasteiger partial charge >= 0.3 is 12.2 Å². The van der Waals surface area contributed by atoms with Crippen molar-refractivity contribution in [2.75, 3.05) is 0 Å². The Morgan fingerprint density at radius 3 is 1.58 bits per heavy atom. The second-order valence-corrected chi connectivity index (χ2v) is 14.5. The largest absolute Gasteiger partial charge is 0.443 e. The van der Waals surface area contributed by atoms with Gasteiger partial charge in [0.1, 0.15) is 25.3 Å². The minimum absolute atomic E-state index is 0.0131. The Kier molecular flexibility index (Phi) is 16.1. The average Bonchev–Trinajstić information content (AvgIpc) is 3.86. The van der Waals surface area contributed by atoms with Gasteiger partial charge in [-0.3, -0.25) is 19.6 Å². The van der Waals surface area contributed by atoms with Crippen LogP contribution in [0.1, 0.15) is 56.9 Å². The molecule has 0 radical (unpaired) electrons. The van der Waals surface area contributed by atoms with Crippen molar-refractivity contribution >= 4 is 46.7 Å². The first-order valence-corrected chi connectivity index (χ1v) is 19.1. The smallest absolute Gasteiger partial charge is 0.408 e. The van der Waals surface area contributed by atoms with Gasteiger partial charge in [0.15, 0.2) is 0 Å². The fraction of sp³-hybridized carbons (Fsp3) is 0.444. The van der Waals surface area contributed by atoms with E-state index in [0.29, 0.717) is 22.8 Å². The fourth-order valence-corrected chi connectivity index (χ4v) is 6.45. The van der Waals surface area contributed by atoms with Crippen molar-refractivity contribution in [1.29, 1.82) is 0 Å². The Morgan fingerprint density at radius 1 is 0.660 bits per heavy atom. The van der Waals surface area contributed by atoms with Gasteiger partial charge < -0.3 is 35.8 Å². The molecule has 284 valence electrons. The third-order valence-corrected chi connectivity index (χ3v) is 9.39. The second kappa shape index (κ2) is 20.9. The summed E-state index contributed by atoms with van der Waals surface area (Å²) in [6.45, 7) is 7.00. The molecule has 0 spiro atoms. The Balaban J connectivity index is 1.45. The van der Waals surface area contributed by atoms with Gasteiger partial charge in [-0.2, -0.15) is 0 Å². The van der Waals surface area contributed by atoms with Crippen molar-refractivity contribution in [3.05, 3.63) is 93.3 Å². The van der Waals surface area contributed by atoms with Crippen molar-refractivity contribution in [2.45, 2.75) is 90.4 Å². The number of hydrogen-bond donors (Lipinski definition) is 5. The molecule has 0 saturated carbocycles. The van der Waals surface area contributed by atoms with Crippen LogP contribution in [0.15, 0.2) is 70.6 Å². The van der Waals surface area contributed by atoms with E-state index in [2.05, 4.69) is 41.2 Å². The van der Waals surface area contributed by atoms with Crippen LogP contribution < -0.4 is 21.3 Å². The number of nitrogens with one attached hydrogen (secondary N) is 4. The van der Waals surface area contributed by atoms with Gasteiger partial charge in [-0.25, -0.2) is 19.6 Å². The maximum atomic E-state index is 13.7. The van der Waals surface area contributed by atoms with Crippen molar-refractivity contribution in [1.82, 2.24) is 41.2 Å². The highest BCUT2D eigenvalue weighted by Crippen LogP contribution is 2.16. The number of rotatable bonds is 19. The Bertz CT molecular complexity index is 1700. The number of carbonyl (C=O) groups is 4. The molecule has 0 aliphatic rings. The van der Waals surface area contributed by atoms with Crippen LogP contribution in [0, 0.1) is 11.8 Å². The molecule has 0 aromatic carbocycles. The molecular weight excluding hydrogens is 721 g/mol. The third-order valence-electron chi connectivity index (χ3n) is 8.12. The normalized spacial score (nSPS) is 14.0. The van der Waals surface area contributed by atoms with E-state index in [4.69, 9.17) is 9.47 Å². The van der Waals surface area contributed by atoms with Crippen LogP contribution in [0.2, 0.25) is 0 Å². The van der Waals surface area contributed by atoms with E-state index >= 15 is 0 Å². The van der Waals surface area contributed by atoms with Crippen LogP contribution in [-0.4, -0.2) is 79.3 Å². The number of ether oxygens (including phenoxy) is 2. The summed E-state index contributed by atoms with van der Waals surface area (Å²) in [4.78, 5) is 69.8. The number of pyridine rings is 2. The molecule has 4 aromatic rings. The number of nitrogens with zero attached hydrogens (tertiary/aromatic N) is 4. The van der Waals surface area contributed by atoms with Crippen LogP contribution in [0.25, 0.3) is 0 Å². The zero-order chi connectivity index (χ0) is 38.2. The maximum absolute atomic E-state index is 13.7. The highest BCUT2D eigenvalue weighted by atomic mass is 32.1. The van der Waals surface area contributed by atoms with E-state index in [1.54, 1.807) is 87.5 Å². The van der Waals surface area contributed by atoms with Crippen molar-refractivity contribution in [3.63, 3.8) is 0 Å². The predicted octanol–water partition coefficient (Wildman–Crippen LogP) is 3.80. The lowest BCUT2D eigenvalue weighted by atomic mass is 9.94. The summed E-state index contributed by atoms with van der Waals surface area (Å²) < 4.78 is 10.6. The van der Waals surface area contributed by atoms with Crippen LogP contribution in [0.3, 0.4) is 0 Å². The quantitative estimate of drug-likeness (QED) is 0.0928. The van der Waals surface area contributed by atoms with E-state index in [0.717, 1.165) is 0 Å². The lowest BCUT2D eigenvalue weighted by molar-refractivity contribution is -0.127. The first-order chi connectivity index (χ1) is 25.5. The molecule has 4 aromatic heterocycles. The monoisotopic (exact) mass is 766 g/mol. The molecule has 0 fully saturated rings. The van der Waals surface area contributed by atoms with Gasteiger partial charge in [-0.1, -0.05) is 39.8 Å². The second-order valence-electron chi connectivity index (χ2n) is 13.0. The van der Waals surface area contributed by atoms with E-state index in [-0.39, 0.29) is 44.3 Å². The summed E-state index contributed by atoms with van der Waals surface area (Å²) in [5.41, 5.74) is 5.78. The van der Waals surface area contributed by atoms with Gasteiger partial charge in [0.25, 0.3) is 0 Å². The molecule has 0 aliphatic heterocycles. The number of thiazole rings is 2. The molecule has 5 N–H and O–H groups in total. The molecule has 0 unspecified atom stereocenters. The molecule has 0 saturated heterocycles. The van der Waals surface area contributed by atoms with Crippen LogP contribution in [0.4, 0.5) is 9.59 Å². The lowest BCUT2D eigenvalue weighted by Gasteiger charge is -2.31. The molecule has 53 heavy (non-hydrogen) atoms. The van der Waals surface area contributed by atoms with E-state index in [1.165, 1.54) is 22.7 Å². The number of alkyl carbamates (subject to hydrolysis) is 2. The highest BCUT2D eigenvalue weighted by molar-refractivity contribution is 7.07. The SMILES string of the molecule is CC(C)[C@H](NC(=O)OCc1ccccn1)C(=O)N[C@@H](Cc1cscn1)C[C@H](O)[C@H](Cc1cscn1)NC(=O)[C@@H](NC(=O)OCc1ccccn1)C(C)C. The zero-order valence-electron chi connectivity index (χ0n) is 30.0. The van der Waals surface area contributed by atoms with E-state index in [1.807, 2.05) is 10.8 Å². The molecular formula is C36H46N8O7S2. The molecule has 0 bridgehead atoms. The maximum Gasteiger partial charge on any atom is 0.408 e. The topological polar surface area (TPSA) is 207 Å². The van der Waals surface area contributed by atoms with Crippen molar-refractivity contribution in [3.8, 4) is 0 Å². The van der Waals surface area contributed by atoms with Gasteiger partial charge in [-0.15, -0.1) is 22.7 Å². The van der Waals surface area contributed by atoms with E-state index in [9.17, 15) is 24.3 Å². The minimum Gasteiger partial charge on any atom is -0.443 e. The fourth-order valence-electron chi connectivity index (χ4n) is 5.30. The lowest BCUT2D eigenvalue weighted by Crippen LogP contribution is -2.56. The number of aliphatic hydroxyl groups excluding tert-OH is 1. The van der Waals surface area contributed by atoms with E-state index < -0.39 is 54.3 Å².